The third kappa shape index (κ3) is 2.62. The van der Waals surface area contributed by atoms with Crippen LogP contribution in [0.3, 0.4) is 0 Å². The van der Waals surface area contributed by atoms with Crippen LogP contribution in [-0.2, 0) is 13.0 Å². The zero-order valence-electron chi connectivity index (χ0n) is 11.1. The Morgan fingerprint density at radius 1 is 1.15 bits per heavy atom. The molecule has 102 valence electrons. The molecule has 20 heavy (non-hydrogen) atoms. The Hall–Kier alpha value is -2.40. The second-order valence-corrected chi connectivity index (χ2v) is 4.73. The molecule has 0 spiro atoms. The van der Waals surface area contributed by atoms with Crippen molar-refractivity contribution in [3.63, 3.8) is 0 Å². The number of aromatic nitrogens is 4. The maximum Gasteiger partial charge on any atom is 0.0948 e. The Labute approximate surface area is 117 Å². The van der Waals surface area contributed by atoms with Crippen LogP contribution in [0.1, 0.15) is 23.0 Å². The highest BCUT2D eigenvalue weighted by Gasteiger charge is 2.13. The summed E-state index contributed by atoms with van der Waals surface area (Å²) < 4.78 is 2.10. The van der Waals surface area contributed by atoms with Crippen molar-refractivity contribution < 1.29 is 0 Å². The van der Waals surface area contributed by atoms with Crippen molar-refractivity contribution >= 4 is 0 Å². The molecule has 1 unspecified atom stereocenters. The number of nitrogens with two attached hydrogens (primary N) is 1. The average Bonchev–Trinajstić information content (AvgIpc) is 3.16. The zero-order chi connectivity index (χ0) is 13.8. The van der Waals surface area contributed by atoms with Crippen LogP contribution in [0.25, 0.3) is 0 Å². The molecule has 0 aliphatic heterocycles. The number of benzene rings is 1. The number of nitrogens with one attached hydrogen (secondary N) is 1. The summed E-state index contributed by atoms with van der Waals surface area (Å²) in [7, 11) is 0. The van der Waals surface area contributed by atoms with E-state index in [0.717, 1.165) is 29.9 Å². The fraction of sp³-hybridized carbons (Fsp3) is 0.200. The molecule has 0 aliphatic carbocycles. The first-order valence-electron chi connectivity index (χ1n) is 6.62. The first kappa shape index (κ1) is 12.6. The Bertz CT molecular complexity index is 642. The van der Waals surface area contributed by atoms with Crippen LogP contribution in [0.15, 0.2) is 55.4 Å². The van der Waals surface area contributed by atoms with Gasteiger partial charge in [-0.25, -0.2) is 9.97 Å². The predicted molar refractivity (Wildman–Crippen MR) is 77.0 cm³/mol. The molecule has 3 rings (SSSR count). The molecule has 0 saturated heterocycles. The van der Waals surface area contributed by atoms with E-state index in [9.17, 15) is 0 Å². The van der Waals surface area contributed by atoms with E-state index < -0.39 is 0 Å². The molecule has 0 fully saturated rings. The fourth-order valence-electron chi connectivity index (χ4n) is 2.27. The highest BCUT2D eigenvalue weighted by atomic mass is 15.1. The summed E-state index contributed by atoms with van der Waals surface area (Å²) in [6.45, 7) is 0.831. The summed E-state index contributed by atoms with van der Waals surface area (Å²) in [5.74, 6) is 0. The fourth-order valence-corrected chi connectivity index (χ4v) is 2.27. The molecule has 5 nitrogen and oxygen atoms in total. The molecule has 3 N–H and O–H groups in total. The number of hydrogen-bond donors (Lipinski definition) is 2. The van der Waals surface area contributed by atoms with E-state index in [1.165, 1.54) is 0 Å². The van der Waals surface area contributed by atoms with E-state index in [1.807, 2.05) is 49.1 Å². The van der Waals surface area contributed by atoms with Crippen LogP contribution in [-0.4, -0.2) is 19.5 Å². The molecule has 0 bridgehead atoms. The third-order valence-electron chi connectivity index (χ3n) is 3.40. The summed E-state index contributed by atoms with van der Waals surface area (Å²) >= 11 is 0. The summed E-state index contributed by atoms with van der Waals surface area (Å²) in [4.78, 5) is 11.4. The van der Waals surface area contributed by atoms with Gasteiger partial charge in [-0.05, 0) is 5.56 Å². The molecule has 0 saturated carbocycles. The Morgan fingerprint density at radius 3 is 2.75 bits per heavy atom. The molecular formula is C15H17N5. The van der Waals surface area contributed by atoms with Crippen molar-refractivity contribution in [3.8, 4) is 0 Å². The van der Waals surface area contributed by atoms with Gasteiger partial charge in [-0.2, -0.15) is 0 Å². The maximum atomic E-state index is 6.33. The second kappa shape index (κ2) is 5.71. The molecule has 0 amide bonds. The standard InChI is InChI=1S/C15H17N5/c16-15(12-4-2-1-3-5-12)14-9-18-11-20(14)7-6-13-8-17-10-19-13/h1-5,8-11,15H,6-7,16H2,(H,17,19). The van der Waals surface area contributed by atoms with E-state index in [0.29, 0.717) is 0 Å². The van der Waals surface area contributed by atoms with Gasteiger partial charge in [0.15, 0.2) is 0 Å². The van der Waals surface area contributed by atoms with E-state index in [1.54, 1.807) is 6.33 Å². The van der Waals surface area contributed by atoms with Gasteiger partial charge in [0.1, 0.15) is 0 Å². The molecule has 0 radical (unpaired) electrons. The highest BCUT2D eigenvalue weighted by Crippen LogP contribution is 2.19. The lowest BCUT2D eigenvalue weighted by Crippen LogP contribution is -2.17. The normalized spacial score (nSPS) is 12.4. The van der Waals surface area contributed by atoms with Crippen LogP contribution >= 0.6 is 0 Å². The van der Waals surface area contributed by atoms with Gasteiger partial charge in [0, 0.05) is 24.9 Å². The number of aromatic amines is 1. The van der Waals surface area contributed by atoms with Gasteiger partial charge in [0.2, 0.25) is 0 Å². The second-order valence-electron chi connectivity index (χ2n) is 4.73. The van der Waals surface area contributed by atoms with Gasteiger partial charge >= 0.3 is 0 Å². The van der Waals surface area contributed by atoms with Crippen LogP contribution in [0, 0.1) is 0 Å². The summed E-state index contributed by atoms with van der Waals surface area (Å²) in [6.07, 6.45) is 8.08. The van der Waals surface area contributed by atoms with E-state index in [2.05, 4.69) is 19.5 Å². The quantitative estimate of drug-likeness (QED) is 0.741. The molecule has 2 heterocycles. The van der Waals surface area contributed by atoms with Crippen LogP contribution in [0.4, 0.5) is 0 Å². The third-order valence-corrected chi connectivity index (χ3v) is 3.40. The first-order chi connectivity index (χ1) is 9.84. The number of nitrogens with zero attached hydrogens (tertiary/aromatic N) is 3. The lowest BCUT2D eigenvalue weighted by atomic mass is 10.1. The van der Waals surface area contributed by atoms with Gasteiger partial charge in [-0.3, -0.25) is 0 Å². The van der Waals surface area contributed by atoms with Gasteiger partial charge in [-0.15, -0.1) is 0 Å². The molecule has 1 aromatic carbocycles. The van der Waals surface area contributed by atoms with Gasteiger partial charge in [0.05, 0.1) is 30.6 Å². The summed E-state index contributed by atoms with van der Waals surface area (Å²) in [6, 6.07) is 9.92. The topological polar surface area (TPSA) is 72.5 Å². The SMILES string of the molecule is NC(c1ccccc1)c1cncn1CCc1cnc[nH]1. The Balaban J connectivity index is 1.76. The Kier molecular flexibility index (Phi) is 3.60. The molecule has 2 aromatic heterocycles. The minimum Gasteiger partial charge on any atom is -0.348 e. The Morgan fingerprint density at radius 2 is 2.00 bits per heavy atom. The predicted octanol–water partition coefficient (Wildman–Crippen LogP) is 1.90. The smallest absolute Gasteiger partial charge is 0.0948 e. The lowest BCUT2D eigenvalue weighted by Gasteiger charge is -2.14. The summed E-state index contributed by atoms with van der Waals surface area (Å²) in [5.41, 5.74) is 9.56. The molecular weight excluding hydrogens is 250 g/mol. The van der Waals surface area contributed by atoms with Crippen molar-refractivity contribution in [3.05, 3.63) is 72.3 Å². The van der Waals surface area contributed by atoms with Gasteiger partial charge in [-0.1, -0.05) is 30.3 Å². The van der Waals surface area contributed by atoms with E-state index in [-0.39, 0.29) is 6.04 Å². The lowest BCUT2D eigenvalue weighted by molar-refractivity contribution is 0.631. The van der Waals surface area contributed by atoms with Crippen molar-refractivity contribution in [2.24, 2.45) is 5.73 Å². The molecule has 0 aliphatic rings. The highest BCUT2D eigenvalue weighted by molar-refractivity contribution is 5.26. The van der Waals surface area contributed by atoms with Crippen molar-refractivity contribution in [2.75, 3.05) is 0 Å². The van der Waals surface area contributed by atoms with Crippen molar-refractivity contribution in [2.45, 2.75) is 19.0 Å². The minimum atomic E-state index is -0.152. The van der Waals surface area contributed by atoms with Crippen molar-refractivity contribution in [1.29, 1.82) is 0 Å². The number of H-pyrrole nitrogens is 1. The molecule has 5 heteroatoms. The number of rotatable bonds is 5. The minimum absolute atomic E-state index is 0.152. The number of hydrogen-bond acceptors (Lipinski definition) is 3. The van der Waals surface area contributed by atoms with Gasteiger partial charge in [0.25, 0.3) is 0 Å². The van der Waals surface area contributed by atoms with Crippen LogP contribution < -0.4 is 5.73 Å². The average molecular weight is 267 g/mol. The largest absolute Gasteiger partial charge is 0.348 e. The van der Waals surface area contributed by atoms with Gasteiger partial charge < -0.3 is 15.3 Å². The molecule has 1 atom stereocenters. The zero-order valence-corrected chi connectivity index (χ0v) is 11.1. The first-order valence-corrected chi connectivity index (χ1v) is 6.62. The van der Waals surface area contributed by atoms with Crippen LogP contribution in [0.2, 0.25) is 0 Å². The van der Waals surface area contributed by atoms with E-state index in [4.69, 9.17) is 5.73 Å². The molecule has 3 aromatic rings. The maximum absolute atomic E-state index is 6.33. The number of aryl methyl sites for hydroxylation is 2. The monoisotopic (exact) mass is 267 g/mol. The number of imidazole rings is 2. The van der Waals surface area contributed by atoms with Crippen molar-refractivity contribution in [1.82, 2.24) is 19.5 Å². The van der Waals surface area contributed by atoms with Crippen LogP contribution in [0.5, 0.6) is 0 Å². The van der Waals surface area contributed by atoms with E-state index >= 15 is 0 Å². The summed E-state index contributed by atoms with van der Waals surface area (Å²) in [5, 5.41) is 0.